The molecule has 3 N–H and O–H groups in total. The SMILES string of the molecule is O=C(NCC(O)c1ccc(F)cc1)Nc1cnn(CC2CCCO2)c1. The molecule has 8 heteroatoms. The zero-order valence-corrected chi connectivity index (χ0v) is 13.7. The smallest absolute Gasteiger partial charge is 0.319 e. The molecular formula is C17H21FN4O3. The number of aliphatic hydroxyl groups is 1. The first-order chi connectivity index (χ1) is 12.1. The summed E-state index contributed by atoms with van der Waals surface area (Å²) in [5.74, 6) is -0.373. The van der Waals surface area contributed by atoms with E-state index in [0.717, 1.165) is 19.4 Å². The Morgan fingerprint density at radius 3 is 2.96 bits per heavy atom. The summed E-state index contributed by atoms with van der Waals surface area (Å²) < 4.78 is 20.1. The number of ether oxygens (including phenoxy) is 1. The molecule has 1 aromatic carbocycles. The van der Waals surface area contributed by atoms with Crippen LogP contribution in [0.15, 0.2) is 36.7 Å². The summed E-state index contributed by atoms with van der Waals surface area (Å²) in [5.41, 5.74) is 1.10. The van der Waals surface area contributed by atoms with Crippen LogP contribution in [0.4, 0.5) is 14.9 Å². The van der Waals surface area contributed by atoms with Gasteiger partial charge >= 0.3 is 6.03 Å². The molecule has 0 radical (unpaired) electrons. The van der Waals surface area contributed by atoms with Gasteiger partial charge in [-0.2, -0.15) is 5.10 Å². The molecule has 2 heterocycles. The molecular weight excluding hydrogens is 327 g/mol. The summed E-state index contributed by atoms with van der Waals surface area (Å²) in [5, 5.41) is 19.4. The van der Waals surface area contributed by atoms with Crippen molar-refractivity contribution in [2.45, 2.75) is 31.6 Å². The van der Waals surface area contributed by atoms with Crippen LogP contribution in [0.2, 0.25) is 0 Å². The lowest BCUT2D eigenvalue weighted by Gasteiger charge is -2.12. The third-order valence-electron chi connectivity index (χ3n) is 4.02. The van der Waals surface area contributed by atoms with Crippen molar-refractivity contribution in [1.82, 2.24) is 15.1 Å². The van der Waals surface area contributed by atoms with E-state index in [1.165, 1.54) is 24.3 Å². The highest BCUT2D eigenvalue weighted by molar-refractivity contribution is 5.88. The molecule has 7 nitrogen and oxygen atoms in total. The maximum absolute atomic E-state index is 12.9. The summed E-state index contributed by atoms with van der Waals surface area (Å²) in [6, 6.07) is 5.05. The second-order valence-corrected chi connectivity index (χ2v) is 5.99. The maximum atomic E-state index is 12.9. The molecule has 1 fully saturated rings. The molecule has 2 unspecified atom stereocenters. The minimum atomic E-state index is -0.909. The van der Waals surface area contributed by atoms with E-state index in [2.05, 4.69) is 15.7 Å². The van der Waals surface area contributed by atoms with Gasteiger partial charge in [-0.1, -0.05) is 12.1 Å². The zero-order valence-electron chi connectivity index (χ0n) is 13.7. The fraction of sp³-hybridized carbons (Fsp3) is 0.412. The van der Waals surface area contributed by atoms with Crippen molar-refractivity contribution < 1.29 is 19.0 Å². The van der Waals surface area contributed by atoms with E-state index in [1.807, 2.05) is 0 Å². The highest BCUT2D eigenvalue weighted by Gasteiger charge is 2.16. The van der Waals surface area contributed by atoms with Crippen molar-refractivity contribution in [2.24, 2.45) is 0 Å². The van der Waals surface area contributed by atoms with Crippen molar-refractivity contribution in [3.8, 4) is 0 Å². The van der Waals surface area contributed by atoms with Gasteiger partial charge in [0.05, 0.1) is 30.6 Å². The third-order valence-corrected chi connectivity index (χ3v) is 4.02. The Morgan fingerprint density at radius 2 is 2.24 bits per heavy atom. The number of nitrogens with zero attached hydrogens (tertiary/aromatic N) is 2. The molecule has 2 aromatic rings. The lowest BCUT2D eigenvalue weighted by molar-refractivity contribution is 0.0940. The number of benzene rings is 1. The lowest BCUT2D eigenvalue weighted by Crippen LogP contribution is -2.32. The van der Waals surface area contributed by atoms with Gasteiger partial charge in [0.25, 0.3) is 0 Å². The van der Waals surface area contributed by atoms with Gasteiger partial charge in [-0.3, -0.25) is 4.68 Å². The quantitative estimate of drug-likeness (QED) is 0.745. The molecule has 134 valence electrons. The monoisotopic (exact) mass is 348 g/mol. The molecule has 0 spiro atoms. The zero-order chi connectivity index (χ0) is 17.6. The number of anilines is 1. The van der Waals surface area contributed by atoms with E-state index in [4.69, 9.17) is 4.74 Å². The number of amides is 2. The van der Waals surface area contributed by atoms with Crippen LogP contribution in [-0.2, 0) is 11.3 Å². The van der Waals surface area contributed by atoms with Crippen LogP contribution in [0.1, 0.15) is 24.5 Å². The number of rotatable bonds is 6. The van der Waals surface area contributed by atoms with E-state index in [-0.39, 0.29) is 18.5 Å². The van der Waals surface area contributed by atoms with E-state index in [1.54, 1.807) is 17.1 Å². The summed E-state index contributed by atoms with van der Waals surface area (Å²) in [6.45, 7) is 1.46. The Labute approximate surface area is 144 Å². The molecule has 0 bridgehead atoms. The number of hydrogen-bond acceptors (Lipinski definition) is 4. The number of carbonyl (C=O) groups excluding carboxylic acids is 1. The fourth-order valence-corrected chi connectivity index (χ4v) is 2.69. The average molecular weight is 348 g/mol. The third kappa shape index (κ3) is 5.01. The lowest BCUT2D eigenvalue weighted by atomic mass is 10.1. The minimum Gasteiger partial charge on any atom is -0.387 e. The molecule has 1 aliphatic heterocycles. The Morgan fingerprint density at radius 1 is 1.44 bits per heavy atom. The van der Waals surface area contributed by atoms with Crippen LogP contribution < -0.4 is 10.6 Å². The molecule has 2 amide bonds. The standard InChI is InChI=1S/C17H21FN4O3/c18-13-5-3-12(4-6-13)16(23)9-19-17(24)21-14-8-20-22(10-14)11-15-2-1-7-25-15/h3-6,8,10,15-16,23H,1-2,7,9,11H2,(H2,19,21,24). The van der Waals surface area contributed by atoms with Crippen LogP contribution in [0.5, 0.6) is 0 Å². The number of aliphatic hydroxyl groups excluding tert-OH is 1. The molecule has 2 atom stereocenters. The largest absolute Gasteiger partial charge is 0.387 e. The second-order valence-electron chi connectivity index (χ2n) is 5.99. The molecule has 1 saturated heterocycles. The van der Waals surface area contributed by atoms with E-state index in [0.29, 0.717) is 17.8 Å². The predicted molar refractivity (Wildman–Crippen MR) is 89.6 cm³/mol. The van der Waals surface area contributed by atoms with Crippen molar-refractivity contribution in [3.63, 3.8) is 0 Å². The first-order valence-electron chi connectivity index (χ1n) is 8.22. The van der Waals surface area contributed by atoms with Gasteiger partial charge in [0.15, 0.2) is 0 Å². The Balaban J connectivity index is 1.44. The highest BCUT2D eigenvalue weighted by Crippen LogP contribution is 2.15. The number of halogens is 1. The van der Waals surface area contributed by atoms with E-state index in [9.17, 15) is 14.3 Å². The van der Waals surface area contributed by atoms with Gasteiger partial charge in [-0.25, -0.2) is 9.18 Å². The average Bonchev–Trinajstić information content (AvgIpc) is 3.26. The molecule has 3 rings (SSSR count). The van der Waals surface area contributed by atoms with Gasteiger partial charge in [-0.05, 0) is 30.5 Å². The summed E-state index contributed by atoms with van der Waals surface area (Å²) >= 11 is 0. The van der Waals surface area contributed by atoms with Crippen molar-refractivity contribution in [3.05, 3.63) is 48.0 Å². The van der Waals surface area contributed by atoms with Gasteiger partial charge < -0.3 is 20.5 Å². The number of nitrogens with one attached hydrogen (secondary N) is 2. The van der Waals surface area contributed by atoms with E-state index < -0.39 is 12.1 Å². The molecule has 25 heavy (non-hydrogen) atoms. The molecule has 1 aromatic heterocycles. The minimum absolute atomic E-state index is 0.0154. The maximum Gasteiger partial charge on any atom is 0.319 e. The second kappa shape index (κ2) is 8.09. The molecule has 0 aliphatic carbocycles. The Hall–Kier alpha value is -2.45. The normalized spacial score (nSPS) is 18.1. The van der Waals surface area contributed by atoms with E-state index >= 15 is 0 Å². The van der Waals surface area contributed by atoms with Crippen molar-refractivity contribution in [2.75, 3.05) is 18.5 Å². The Kier molecular flexibility index (Phi) is 5.62. The Bertz CT molecular complexity index is 698. The van der Waals surface area contributed by atoms with Gasteiger partial charge in [0, 0.05) is 19.3 Å². The predicted octanol–water partition coefficient (Wildman–Crippen LogP) is 2.06. The van der Waals surface area contributed by atoms with Crippen molar-refractivity contribution >= 4 is 11.7 Å². The number of hydrogen-bond donors (Lipinski definition) is 3. The van der Waals surface area contributed by atoms with Gasteiger partial charge in [-0.15, -0.1) is 0 Å². The van der Waals surface area contributed by atoms with Gasteiger partial charge in [0.2, 0.25) is 0 Å². The van der Waals surface area contributed by atoms with Crippen LogP contribution in [0.3, 0.4) is 0 Å². The van der Waals surface area contributed by atoms with Gasteiger partial charge in [0.1, 0.15) is 5.82 Å². The molecule has 1 aliphatic rings. The first kappa shape index (κ1) is 17.4. The topological polar surface area (TPSA) is 88.4 Å². The first-order valence-corrected chi connectivity index (χ1v) is 8.22. The summed E-state index contributed by atoms with van der Waals surface area (Å²) in [6.07, 6.45) is 4.64. The van der Waals surface area contributed by atoms with Crippen LogP contribution in [0, 0.1) is 5.82 Å². The highest BCUT2D eigenvalue weighted by atomic mass is 19.1. The number of aromatic nitrogens is 2. The number of carbonyl (C=O) groups is 1. The van der Waals surface area contributed by atoms with Crippen LogP contribution in [0.25, 0.3) is 0 Å². The van der Waals surface area contributed by atoms with Crippen LogP contribution in [-0.4, -0.2) is 40.2 Å². The fourth-order valence-electron chi connectivity index (χ4n) is 2.69. The summed E-state index contributed by atoms with van der Waals surface area (Å²) in [4.78, 5) is 11.9. The number of urea groups is 1. The summed E-state index contributed by atoms with van der Waals surface area (Å²) in [7, 11) is 0. The molecule has 0 saturated carbocycles. The van der Waals surface area contributed by atoms with Crippen molar-refractivity contribution in [1.29, 1.82) is 0 Å². The van der Waals surface area contributed by atoms with Crippen LogP contribution >= 0.6 is 0 Å².